The van der Waals surface area contributed by atoms with E-state index >= 15 is 0 Å². The highest BCUT2D eigenvalue weighted by Gasteiger charge is 2.18. The van der Waals surface area contributed by atoms with Crippen molar-refractivity contribution in [3.8, 4) is 5.75 Å². The second kappa shape index (κ2) is 5.77. The summed E-state index contributed by atoms with van der Waals surface area (Å²) in [6, 6.07) is 5.09. The standard InChI is InChI=1S/C13H18INO3/c1-8(15-12(17)18-13(2,3)4)9-5-6-10(14)11(16)7-9/h5-8,16H,1-4H3,(H,15,17)/t8-/m1/s1. The van der Waals surface area contributed by atoms with Crippen molar-refractivity contribution >= 4 is 28.7 Å². The number of nitrogens with one attached hydrogen (secondary N) is 1. The van der Waals surface area contributed by atoms with Crippen molar-refractivity contribution in [3.05, 3.63) is 27.3 Å². The fraction of sp³-hybridized carbons (Fsp3) is 0.462. The van der Waals surface area contributed by atoms with Gasteiger partial charge in [0.25, 0.3) is 0 Å². The van der Waals surface area contributed by atoms with Gasteiger partial charge in [0.15, 0.2) is 0 Å². The smallest absolute Gasteiger partial charge is 0.408 e. The van der Waals surface area contributed by atoms with E-state index in [1.807, 2.05) is 56.4 Å². The number of hydrogen-bond donors (Lipinski definition) is 2. The maximum Gasteiger partial charge on any atom is 0.408 e. The number of alkyl carbamates (subject to hydrolysis) is 1. The van der Waals surface area contributed by atoms with Gasteiger partial charge >= 0.3 is 6.09 Å². The zero-order valence-corrected chi connectivity index (χ0v) is 13.1. The van der Waals surface area contributed by atoms with Gasteiger partial charge in [-0.25, -0.2) is 4.79 Å². The number of amides is 1. The van der Waals surface area contributed by atoms with Crippen LogP contribution in [0.2, 0.25) is 0 Å². The summed E-state index contributed by atoms with van der Waals surface area (Å²) in [4.78, 5) is 11.6. The molecule has 0 saturated carbocycles. The summed E-state index contributed by atoms with van der Waals surface area (Å²) in [7, 11) is 0. The number of ether oxygens (including phenoxy) is 1. The van der Waals surface area contributed by atoms with Gasteiger partial charge in [0.05, 0.1) is 9.61 Å². The van der Waals surface area contributed by atoms with Gasteiger partial charge in [-0.05, 0) is 68.0 Å². The van der Waals surface area contributed by atoms with E-state index in [1.165, 1.54) is 0 Å². The molecule has 0 fully saturated rings. The van der Waals surface area contributed by atoms with Crippen LogP contribution < -0.4 is 5.32 Å². The Morgan fingerprint density at radius 1 is 1.44 bits per heavy atom. The summed E-state index contributed by atoms with van der Waals surface area (Å²) in [5.74, 6) is 0.214. The predicted octanol–water partition coefficient (Wildman–Crippen LogP) is 3.58. The van der Waals surface area contributed by atoms with E-state index in [-0.39, 0.29) is 11.8 Å². The van der Waals surface area contributed by atoms with Crippen LogP contribution in [0.5, 0.6) is 5.75 Å². The normalized spacial score (nSPS) is 12.9. The second-order valence-electron chi connectivity index (χ2n) is 5.08. The molecule has 100 valence electrons. The molecule has 1 rings (SSSR count). The third kappa shape index (κ3) is 4.72. The Morgan fingerprint density at radius 2 is 2.06 bits per heavy atom. The number of carbonyl (C=O) groups excluding carboxylic acids is 1. The lowest BCUT2D eigenvalue weighted by Gasteiger charge is -2.22. The fourth-order valence-corrected chi connectivity index (χ4v) is 1.70. The molecule has 2 N–H and O–H groups in total. The van der Waals surface area contributed by atoms with Gasteiger partial charge in [-0.1, -0.05) is 6.07 Å². The number of rotatable bonds is 2. The summed E-state index contributed by atoms with van der Waals surface area (Å²) in [6.07, 6.45) is -0.465. The van der Waals surface area contributed by atoms with E-state index in [4.69, 9.17) is 4.74 Å². The van der Waals surface area contributed by atoms with Gasteiger partial charge in [0.1, 0.15) is 11.4 Å². The molecule has 4 nitrogen and oxygen atoms in total. The van der Waals surface area contributed by atoms with Crippen LogP contribution in [0.25, 0.3) is 0 Å². The minimum absolute atomic E-state index is 0.214. The second-order valence-corrected chi connectivity index (χ2v) is 6.24. The molecule has 0 spiro atoms. The van der Waals surface area contributed by atoms with Crippen molar-refractivity contribution in [2.45, 2.75) is 39.3 Å². The third-order valence-corrected chi connectivity index (χ3v) is 3.12. The van der Waals surface area contributed by atoms with Crippen molar-refractivity contribution in [2.24, 2.45) is 0 Å². The van der Waals surface area contributed by atoms with E-state index in [0.29, 0.717) is 0 Å². The van der Waals surface area contributed by atoms with Crippen LogP contribution in [0.4, 0.5) is 4.79 Å². The van der Waals surface area contributed by atoms with Crippen LogP contribution in [0.1, 0.15) is 39.3 Å². The zero-order chi connectivity index (χ0) is 13.9. The SMILES string of the molecule is C[C@@H](NC(=O)OC(C)(C)C)c1ccc(I)c(O)c1. The predicted molar refractivity (Wildman–Crippen MR) is 78.6 cm³/mol. The van der Waals surface area contributed by atoms with Crippen molar-refractivity contribution in [1.82, 2.24) is 5.32 Å². The van der Waals surface area contributed by atoms with Crippen molar-refractivity contribution in [3.63, 3.8) is 0 Å². The monoisotopic (exact) mass is 363 g/mol. The van der Waals surface area contributed by atoms with Crippen LogP contribution in [0.15, 0.2) is 18.2 Å². The summed E-state index contributed by atoms with van der Waals surface area (Å²) < 4.78 is 5.95. The maximum atomic E-state index is 11.6. The molecule has 0 heterocycles. The van der Waals surface area contributed by atoms with E-state index in [0.717, 1.165) is 9.13 Å². The van der Waals surface area contributed by atoms with Crippen molar-refractivity contribution < 1.29 is 14.6 Å². The lowest BCUT2D eigenvalue weighted by molar-refractivity contribution is 0.0508. The minimum Gasteiger partial charge on any atom is -0.507 e. The van der Waals surface area contributed by atoms with Crippen molar-refractivity contribution in [2.75, 3.05) is 0 Å². The maximum absolute atomic E-state index is 11.6. The number of carbonyl (C=O) groups is 1. The van der Waals surface area contributed by atoms with Crippen LogP contribution in [0, 0.1) is 3.57 Å². The summed E-state index contributed by atoms with van der Waals surface area (Å²) in [6.45, 7) is 7.28. The topological polar surface area (TPSA) is 58.6 Å². The highest BCUT2D eigenvalue weighted by atomic mass is 127. The molecular formula is C13H18INO3. The average molecular weight is 363 g/mol. The number of halogens is 1. The molecule has 1 aromatic carbocycles. The highest BCUT2D eigenvalue weighted by Crippen LogP contribution is 2.24. The molecule has 0 radical (unpaired) electrons. The molecule has 0 saturated heterocycles. The molecule has 1 aromatic rings. The number of hydrogen-bond acceptors (Lipinski definition) is 3. The van der Waals surface area contributed by atoms with E-state index in [1.54, 1.807) is 12.1 Å². The van der Waals surface area contributed by atoms with Gasteiger partial charge < -0.3 is 15.2 Å². The number of aromatic hydroxyl groups is 1. The Bertz CT molecular complexity index is 440. The molecule has 0 unspecified atom stereocenters. The van der Waals surface area contributed by atoms with Crippen LogP contribution in [-0.2, 0) is 4.74 Å². The first-order valence-corrected chi connectivity index (χ1v) is 6.75. The molecule has 0 aliphatic carbocycles. The van der Waals surface area contributed by atoms with Gasteiger partial charge in [-0.15, -0.1) is 0 Å². The van der Waals surface area contributed by atoms with Crippen LogP contribution in [0.3, 0.4) is 0 Å². The Morgan fingerprint density at radius 3 is 2.56 bits per heavy atom. The van der Waals surface area contributed by atoms with E-state index < -0.39 is 11.7 Å². The molecule has 1 atom stereocenters. The molecule has 5 heteroatoms. The number of phenolic OH excluding ortho intramolecular Hbond substituents is 1. The first kappa shape index (κ1) is 15.1. The Labute approximate surface area is 121 Å². The molecule has 0 bridgehead atoms. The van der Waals surface area contributed by atoms with Gasteiger partial charge in [-0.3, -0.25) is 0 Å². The van der Waals surface area contributed by atoms with E-state index in [9.17, 15) is 9.90 Å². The third-order valence-electron chi connectivity index (χ3n) is 2.20. The molecule has 0 aromatic heterocycles. The first-order valence-electron chi connectivity index (χ1n) is 5.67. The molecule has 1 amide bonds. The lowest BCUT2D eigenvalue weighted by Crippen LogP contribution is -2.34. The minimum atomic E-state index is -0.516. The summed E-state index contributed by atoms with van der Waals surface area (Å²) in [5, 5.41) is 12.3. The summed E-state index contributed by atoms with van der Waals surface area (Å²) >= 11 is 2.05. The van der Waals surface area contributed by atoms with Gasteiger partial charge in [0, 0.05) is 0 Å². The van der Waals surface area contributed by atoms with E-state index in [2.05, 4.69) is 5.32 Å². The number of benzene rings is 1. The van der Waals surface area contributed by atoms with Crippen molar-refractivity contribution in [1.29, 1.82) is 0 Å². The molecule has 0 aliphatic rings. The quantitative estimate of drug-likeness (QED) is 0.790. The van der Waals surface area contributed by atoms with Crippen LogP contribution >= 0.6 is 22.6 Å². The highest BCUT2D eigenvalue weighted by molar-refractivity contribution is 14.1. The Hall–Kier alpha value is -0.980. The Balaban J connectivity index is 2.68. The molecule has 18 heavy (non-hydrogen) atoms. The Kier molecular flexibility index (Phi) is 4.84. The average Bonchev–Trinajstić information content (AvgIpc) is 2.18. The first-order chi connectivity index (χ1) is 8.19. The molecule has 0 aliphatic heterocycles. The molecular weight excluding hydrogens is 345 g/mol. The zero-order valence-electron chi connectivity index (χ0n) is 11.0. The summed E-state index contributed by atoms with van der Waals surface area (Å²) in [5.41, 5.74) is 0.316. The number of phenols is 1. The van der Waals surface area contributed by atoms with Crippen LogP contribution in [-0.4, -0.2) is 16.8 Å². The van der Waals surface area contributed by atoms with Gasteiger partial charge in [0.2, 0.25) is 0 Å². The largest absolute Gasteiger partial charge is 0.507 e. The fourth-order valence-electron chi connectivity index (χ4n) is 1.37. The lowest BCUT2D eigenvalue weighted by atomic mass is 10.1. The van der Waals surface area contributed by atoms with Gasteiger partial charge in [-0.2, -0.15) is 0 Å².